The van der Waals surface area contributed by atoms with Crippen LogP contribution in [0.25, 0.3) is 22.1 Å². The lowest BCUT2D eigenvalue weighted by molar-refractivity contribution is -0.385. The maximum absolute atomic E-state index is 12.9. The number of phenolic OH excluding ortho intramolecular Hbond substituents is 1. The van der Waals surface area contributed by atoms with Gasteiger partial charge in [0.1, 0.15) is 16.9 Å². The summed E-state index contributed by atoms with van der Waals surface area (Å²) >= 11 is 0. The highest BCUT2D eigenvalue weighted by molar-refractivity contribution is 7.81. The molecule has 0 spiro atoms. The zero-order valence-electron chi connectivity index (χ0n) is 14.0. The summed E-state index contributed by atoms with van der Waals surface area (Å²) in [4.78, 5) is 23.4. The normalized spacial score (nSPS) is 11.4. The van der Waals surface area contributed by atoms with Gasteiger partial charge in [0.2, 0.25) is 5.43 Å². The number of aromatic hydroxyl groups is 1. The maximum Gasteiger partial charge on any atom is 0.449 e. The quantitative estimate of drug-likeness (QED) is 0.362. The van der Waals surface area contributed by atoms with Gasteiger partial charge in [-0.05, 0) is 29.8 Å². The van der Waals surface area contributed by atoms with Crippen molar-refractivity contribution in [3.8, 4) is 28.6 Å². The van der Waals surface area contributed by atoms with Gasteiger partial charge in [-0.25, -0.2) is 0 Å². The fourth-order valence-corrected chi connectivity index (χ4v) is 2.86. The highest BCUT2D eigenvalue weighted by Gasteiger charge is 2.25. The van der Waals surface area contributed by atoms with Crippen LogP contribution >= 0.6 is 0 Å². The van der Waals surface area contributed by atoms with Crippen LogP contribution in [-0.4, -0.2) is 30.1 Å². The lowest BCUT2D eigenvalue weighted by Gasteiger charge is -2.10. The van der Waals surface area contributed by atoms with E-state index < -0.39 is 37.9 Å². The van der Waals surface area contributed by atoms with Crippen molar-refractivity contribution in [2.75, 3.05) is 7.11 Å². The van der Waals surface area contributed by atoms with Crippen LogP contribution in [0.4, 0.5) is 5.69 Å². The summed E-state index contributed by atoms with van der Waals surface area (Å²) in [6.45, 7) is 0. The van der Waals surface area contributed by atoms with Gasteiger partial charge in [0, 0.05) is 12.1 Å². The molecule has 0 saturated carbocycles. The molecule has 2 N–H and O–H groups in total. The van der Waals surface area contributed by atoms with Crippen LogP contribution in [0, 0.1) is 10.1 Å². The van der Waals surface area contributed by atoms with E-state index in [9.17, 15) is 28.4 Å². The van der Waals surface area contributed by atoms with E-state index in [1.165, 1.54) is 31.4 Å². The first-order chi connectivity index (χ1) is 13.1. The summed E-state index contributed by atoms with van der Waals surface area (Å²) < 4.78 is 45.8. The van der Waals surface area contributed by atoms with Crippen molar-refractivity contribution in [1.82, 2.24) is 0 Å². The molecular formula is C16H11NO10S. The third kappa shape index (κ3) is 3.58. The molecule has 3 aromatic rings. The second kappa shape index (κ2) is 6.83. The van der Waals surface area contributed by atoms with Crippen LogP contribution in [0.15, 0.2) is 45.6 Å². The summed E-state index contributed by atoms with van der Waals surface area (Å²) in [5, 5.41) is 20.7. The Morgan fingerprint density at radius 2 is 1.89 bits per heavy atom. The molecule has 1 aromatic heterocycles. The third-order valence-electron chi connectivity index (χ3n) is 3.69. The van der Waals surface area contributed by atoms with E-state index in [1.54, 1.807) is 0 Å². The number of methoxy groups -OCH3 is 1. The van der Waals surface area contributed by atoms with Gasteiger partial charge in [-0.3, -0.25) is 19.5 Å². The smallest absolute Gasteiger partial charge is 0.449 e. The van der Waals surface area contributed by atoms with Gasteiger partial charge in [0.05, 0.1) is 17.4 Å². The lowest BCUT2D eigenvalue weighted by atomic mass is 10.0. The van der Waals surface area contributed by atoms with Crippen LogP contribution in [-0.2, 0) is 10.4 Å². The predicted octanol–water partition coefficient (Wildman–Crippen LogP) is 2.26. The first-order valence-corrected chi connectivity index (χ1v) is 8.77. The number of fused-ring (bicyclic) bond motifs is 1. The largest absolute Gasteiger partial charge is 0.508 e. The summed E-state index contributed by atoms with van der Waals surface area (Å²) in [5.74, 6) is -1.30. The van der Waals surface area contributed by atoms with E-state index >= 15 is 0 Å². The molecule has 0 unspecified atom stereocenters. The molecule has 0 bridgehead atoms. The van der Waals surface area contributed by atoms with E-state index in [-0.39, 0.29) is 28.0 Å². The fraction of sp³-hybridized carbons (Fsp3) is 0.0625. The summed E-state index contributed by atoms with van der Waals surface area (Å²) in [5.41, 5.74) is -2.13. The maximum atomic E-state index is 12.9. The molecule has 0 fully saturated rings. The zero-order chi connectivity index (χ0) is 20.6. The van der Waals surface area contributed by atoms with Crippen molar-refractivity contribution >= 4 is 27.1 Å². The molecule has 1 heterocycles. The number of nitrogens with zero attached hydrogens (tertiary/aromatic N) is 1. The van der Waals surface area contributed by atoms with Crippen molar-refractivity contribution in [1.29, 1.82) is 0 Å². The standard InChI is InChI=1S/C16H11NO10S/c1-25-12-5-2-8(6-11(12)17(20)21)14-15(19)10-4-3-9(18)7-13(10)26-16(14)27-28(22,23)24/h2-7,18H,1H3,(H,22,23,24). The molecule has 146 valence electrons. The Kier molecular flexibility index (Phi) is 4.66. The number of phenols is 1. The van der Waals surface area contributed by atoms with Gasteiger partial charge in [-0.2, -0.15) is 8.42 Å². The van der Waals surface area contributed by atoms with Crippen molar-refractivity contribution < 1.29 is 36.3 Å². The average molecular weight is 409 g/mol. The van der Waals surface area contributed by atoms with Gasteiger partial charge in [0.25, 0.3) is 0 Å². The number of ether oxygens (including phenoxy) is 1. The van der Waals surface area contributed by atoms with Gasteiger partial charge in [0.15, 0.2) is 5.75 Å². The van der Waals surface area contributed by atoms with Gasteiger partial charge < -0.3 is 18.4 Å². The first-order valence-electron chi connectivity index (χ1n) is 7.40. The first kappa shape index (κ1) is 19.1. The summed E-state index contributed by atoms with van der Waals surface area (Å²) in [7, 11) is -3.88. The monoisotopic (exact) mass is 409 g/mol. The van der Waals surface area contributed by atoms with Gasteiger partial charge in [-0.15, -0.1) is 0 Å². The highest BCUT2D eigenvalue weighted by Crippen LogP contribution is 2.36. The van der Waals surface area contributed by atoms with Crippen molar-refractivity contribution in [3.63, 3.8) is 0 Å². The number of rotatable bonds is 5. The molecule has 3 rings (SSSR count). The molecule has 11 nitrogen and oxygen atoms in total. The van der Waals surface area contributed by atoms with E-state index in [0.29, 0.717) is 0 Å². The Morgan fingerprint density at radius 3 is 2.50 bits per heavy atom. The van der Waals surface area contributed by atoms with Gasteiger partial charge >= 0.3 is 22.0 Å². The molecule has 2 aromatic carbocycles. The van der Waals surface area contributed by atoms with Gasteiger partial charge in [-0.1, -0.05) is 0 Å². The Balaban J connectivity index is 2.39. The van der Waals surface area contributed by atoms with Crippen LogP contribution in [0.3, 0.4) is 0 Å². The zero-order valence-corrected chi connectivity index (χ0v) is 14.8. The summed E-state index contributed by atoms with van der Waals surface area (Å²) in [6.07, 6.45) is 0. The minimum Gasteiger partial charge on any atom is -0.508 e. The second-order valence-corrected chi connectivity index (χ2v) is 6.45. The molecule has 0 radical (unpaired) electrons. The number of hydrogen-bond acceptors (Lipinski definition) is 9. The van der Waals surface area contributed by atoms with E-state index in [2.05, 4.69) is 4.18 Å². The van der Waals surface area contributed by atoms with Crippen LogP contribution < -0.4 is 14.3 Å². The molecular weight excluding hydrogens is 398 g/mol. The third-order valence-corrected chi connectivity index (χ3v) is 4.05. The molecule has 28 heavy (non-hydrogen) atoms. The number of nitro benzene ring substituents is 1. The summed E-state index contributed by atoms with van der Waals surface area (Å²) in [6, 6.07) is 6.87. The van der Waals surface area contributed by atoms with Crippen LogP contribution in [0.5, 0.6) is 17.4 Å². The Morgan fingerprint density at radius 1 is 1.18 bits per heavy atom. The fourth-order valence-electron chi connectivity index (χ4n) is 2.55. The van der Waals surface area contributed by atoms with E-state index in [0.717, 1.165) is 12.1 Å². The topological polar surface area (TPSA) is 166 Å². The molecule has 0 aliphatic carbocycles. The SMILES string of the molecule is COc1ccc(-c2c(OS(=O)(=O)O)oc3cc(O)ccc3c2=O)cc1[N+](=O)[O-]. The Bertz CT molecular complexity index is 1260. The molecule has 0 aliphatic heterocycles. The molecule has 0 atom stereocenters. The van der Waals surface area contributed by atoms with Crippen molar-refractivity contribution in [2.45, 2.75) is 0 Å². The van der Waals surface area contributed by atoms with E-state index in [1.807, 2.05) is 0 Å². The number of hydrogen-bond donors (Lipinski definition) is 2. The highest BCUT2D eigenvalue weighted by atomic mass is 32.3. The van der Waals surface area contributed by atoms with Crippen molar-refractivity contribution in [3.05, 3.63) is 56.7 Å². The number of benzene rings is 2. The molecule has 0 amide bonds. The molecule has 0 aliphatic rings. The molecule has 0 saturated heterocycles. The lowest BCUT2D eigenvalue weighted by Crippen LogP contribution is -2.13. The number of nitro groups is 1. The second-order valence-electron chi connectivity index (χ2n) is 5.43. The minimum absolute atomic E-state index is 0.0611. The predicted molar refractivity (Wildman–Crippen MR) is 95.0 cm³/mol. The van der Waals surface area contributed by atoms with Crippen molar-refractivity contribution in [2.24, 2.45) is 0 Å². The minimum atomic E-state index is -5.10. The Hall–Kier alpha value is -3.64. The molecule has 12 heteroatoms. The Labute approximate surface area is 156 Å². The van der Waals surface area contributed by atoms with E-state index in [4.69, 9.17) is 13.7 Å². The van der Waals surface area contributed by atoms with Crippen LogP contribution in [0.2, 0.25) is 0 Å². The van der Waals surface area contributed by atoms with Crippen LogP contribution in [0.1, 0.15) is 0 Å². The average Bonchev–Trinajstić information content (AvgIpc) is 2.59.